The van der Waals surface area contributed by atoms with Crippen molar-refractivity contribution < 1.29 is 4.79 Å². The van der Waals surface area contributed by atoms with Gasteiger partial charge < -0.3 is 4.90 Å². The van der Waals surface area contributed by atoms with Crippen LogP contribution in [0.1, 0.15) is 56.2 Å². The van der Waals surface area contributed by atoms with Crippen LogP contribution in [-0.2, 0) is 5.54 Å². The van der Waals surface area contributed by atoms with Crippen LogP contribution in [0.4, 0.5) is 10.6 Å². The maximum atomic E-state index is 13.7. The molecule has 1 aromatic heterocycles. The van der Waals surface area contributed by atoms with Crippen molar-refractivity contribution in [2.45, 2.75) is 56.0 Å². The lowest BCUT2D eigenvalue weighted by Crippen LogP contribution is -2.56. The number of amides is 2. The Labute approximate surface area is 196 Å². The van der Waals surface area contributed by atoms with Crippen LogP contribution in [0.25, 0.3) is 0 Å². The van der Waals surface area contributed by atoms with Crippen molar-refractivity contribution in [2.75, 3.05) is 32.1 Å². The topological polar surface area (TPSA) is 76.4 Å². The molecule has 5 rings (SSSR count). The zero-order valence-corrected chi connectivity index (χ0v) is 19.6. The molecule has 2 saturated carbocycles. The van der Waals surface area contributed by atoms with Gasteiger partial charge in [-0.05, 0) is 64.1 Å². The minimum Gasteiger partial charge on any atom is -0.317 e. The van der Waals surface area contributed by atoms with E-state index in [0.29, 0.717) is 18.3 Å². The highest BCUT2D eigenvalue weighted by Crippen LogP contribution is 2.50. The highest BCUT2D eigenvalue weighted by molar-refractivity contribution is 5.94. The molecule has 3 fully saturated rings. The SMILES string of the molecule is CN(C)[C@]1(c2ccccc2)CC[C@@]2(CC1)CN(c1cnc(C#N)cn1)C(=O)N2CC1CCC1. The monoisotopic (exact) mass is 444 g/mol. The van der Waals surface area contributed by atoms with Gasteiger partial charge in [0, 0.05) is 12.1 Å². The minimum absolute atomic E-state index is 0.0145. The summed E-state index contributed by atoms with van der Waals surface area (Å²) in [6, 6.07) is 12.8. The average Bonchev–Trinajstić information content (AvgIpc) is 3.08. The maximum absolute atomic E-state index is 13.7. The van der Waals surface area contributed by atoms with Crippen molar-refractivity contribution in [1.29, 1.82) is 5.26 Å². The molecule has 7 heteroatoms. The molecular formula is C26H32N6O. The summed E-state index contributed by atoms with van der Waals surface area (Å²) >= 11 is 0. The van der Waals surface area contributed by atoms with E-state index < -0.39 is 0 Å². The number of rotatable bonds is 5. The molecule has 1 aliphatic heterocycles. The van der Waals surface area contributed by atoms with Gasteiger partial charge in [0.2, 0.25) is 0 Å². The van der Waals surface area contributed by atoms with Crippen molar-refractivity contribution in [1.82, 2.24) is 19.8 Å². The van der Waals surface area contributed by atoms with E-state index in [2.05, 4.69) is 64.2 Å². The van der Waals surface area contributed by atoms with Gasteiger partial charge in [0.1, 0.15) is 6.07 Å². The van der Waals surface area contributed by atoms with E-state index in [1.807, 2.05) is 6.07 Å². The zero-order valence-electron chi connectivity index (χ0n) is 19.6. The minimum atomic E-state index is -0.184. The molecule has 7 nitrogen and oxygen atoms in total. The van der Waals surface area contributed by atoms with Crippen molar-refractivity contribution >= 4 is 11.8 Å². The number of carbonyl (C=O) groups excluding carboxylic acids is 1. The number of nitrogens with zero attached hydrogens (tertiary/aromatic N) is 6. The second-order valence-electron chi connectivity index (χ2n) is 10.2. The first-order chi connectivity index (χ1) is 16.0. The summed E-state index contributed by atoms with van der Waals surface area (Å²) in [4.78, 5) is 28.6. The first kappa shape index (κ1) is 21.8. The number of benzene rings is 1. The van der Waals surface area contributed by atoms with Crippen LogP contribution >= 0.6 is 0 Å². The number of anilines is 1. The van der Waals surface area contributed by atoms with Crippen LogP contribution in [0, 0.1) is 17.2 Å². The van der Waals surface area contributed by atoms with E-state index in [1.54, 1.807) is 11.1 Å². The molecule has 0 bridgehead atoms. The molecule has 0 unspecified atom stereocenters. The Hall–Kier alpha value is -2.98. The second-order valence-corrected chi connectivity index (χ2v) is 10.2. The van der Waals surface area contributed by atoms with Crippen molar-refractivity contribution in [3.63, 3.8) is 0 Å². The smallest absolute Gasteiger partial charge is 0.317 e. The van der Waals surface area contributed by atoms with Gasteiger partial charge in [-0.15, -0.1) is 0 Å². The first-order valence-electron chi connectivity index (χ1n) is 12.0. The Morgan fingerprint density at radius 2 is 1.82 bits per heavy atom. The average molecular weight is 445 g/mol. The fourth-order valence-corrected chi connectivity index (χ4v) is 6.00. The summed E-state index contributed by atoms with van der Waals surface area (Å²) in [5.41, 5.74) is 1.42. The fraction of sp³-hybridized carbons (Fsp3) is 0.538. The summed E-state index contributed by atoms with van der Waals surface area (Å²) < 4.78 is 0. The lowest BCUT2D eigenvalue weighted by Gasteiger charge is -2.51. The molecule has 0 radical (unpaired) electrons. The van der Waals surface area contributed by atoms with E-state index in [1.165, 1.54) is 31.0 Å². The molecule has 1 saturated heterocycles. The van der Waals surface area contributed by atoms with Crippen molar-refractivity contribution in [2.24, 2.45) is 5.92 Å². The van der Waals surface area contributed by atoms with Crippen LogP contribution < -0.4 is 4.90 Å². The van der Waals surface area contributed by atoms with Gasteiger partial charge in [-0.25, -0.2) is 14.8 Å². The van der Waals surface area contributed by atoms with E-state index in [0.717, 1.165) is 32.2 Å². The molecule has 2 aromatic rings. The van der Waals surface area contributed by atoms with Crippen LogP contribution in [0.3, 0.4) is 0 Å². The van der Waals surface area contributed by atoms with Gasteiger partial charge in [-0.2, -0.15) is 5.26 Å². The lowest BCUT2D eigenvalue weighted by molar-refractivity contribution is 0.0172. The summed E-state index contributed by atoms with van der Waals surface area (Å²) in [7, 11) is 4.35. The Bertz CT molecular complexity index is 1030. The highest BCUT2D eigenvalue weighted by atomic mass is 16.2. The molecular weight excluding hydrogens is 412 g/mol. The predicted molar refractivity (Wildman–Crippen MR) is 127 cm³/mol. The van der Waals surface area contributed by atoms with Gasteiger partial charge >= 0.3 is 6.03 Å². The highest BCUT2D eigenvalue weighted by Gasteiger charge is 2.55. The van der Waals surface area contributed by atoms with Crippen LogP contribution in [-0.4, -0.2) is 58.5 Å². The van der Waals surface area contributed by atoms with Gasteiger partial charge in [0.15, 0.2) is 11.5 Å². The molecule has 172 valence electrons. The molecule has 0 atom stereocenters. The molecule has 0 N–H and O–H groups in total. The van der Waals surface area contributed by atoms with Crippen molar-refractivity contribution in [3.05, 3.63) is 54.0 Å². The molecule has 3 aliphatic rings. The number of nitriles is 1. The van der Waals surface area contributed by atoms with Crippen LogP contribution in [0.5, 0.6) is 0 Å². The number of hydrogen-bond acceptors (Lipinski definition) is 5. The number of carbonyl (C=O) groups is 1. The Morgan fingerprint density at radius 3 is 2.36 bits per heavy atom. The summed E-state index contributed by atoms with van der Waals surface area (Å²) in [6.45, 7) is 1.47. The number of hydrogen-bond donors (Lipinski definition) is 0. The Balaban J connectivity index is 1.44. The van der Waals surface area contributed by atoms with Crippen molar-refractivity contribution in [3.8, 4) is 6.07 Å². The molecule has 1 aromatic carbocycles. The molecule has 1 spiro atoms. The largest absolute Gasteiger partial charge is 0.326 e. The first-order valence-corrected chi connectivity index (χ1v) is 12.0. The van der Waals surface area contributed by atoms with Crippen LogP contribution in [0.15, 0.2) is 42.7 Å². The number of aromatic nitrogens is 2. The maximum Gasteiger partial charge on any atom is 0.326 e. The molecule has 2 heterocycles. The van der Waals surface area contributed by atoms with Gasteiger partial charge in [0.05, 0.1) is 24.5 Å². The molecule has 2 aliphatic carbocycles. The zero-order chi connectivity index (χ0) is 23.1. The van der Waals surface area contributed by atoms with Gasteiger partial charge in [0.25, 0.3) is 0 Å². The van der Waals surface area contributed by atoms with E-state index in [4.69, 9.17) is 5.26 Å². The quantitative estimate of drug-likeness (QED) is 0.692. The third-order valence-corrected chi connectivity index (χ3v) is 8.36. The fourth-order valence-electron chi connectivity index (χ4n) is 6.00. The van der Waals surface area contributed by atoms with E-state index in [9.17, 15) is 4.79 Å². The second kappa shape index (κ2) is 8.42. The summed E-state index contributed by atoms with van der Waals surface area (Å²) in [5, 5.41) is 9.06. The van der Waals surface area contributed by atoms with E-state index >= 15 is 0 Å². The summed E-state index contributed by atoms with van der Waals surface area (Å²) in [5.74, 6) is 1.15. The van der Waals surface area contributed by atoms with Gasteiger partial charge in [-0.3, -0.25) is 9.80 Å². The Kier molecular flexibility index (Phi) is 5.57. The molecule has 33 heavy (non-hydrogen) atoms. The lowest BCUT2D eigenvalue weighted by atomic mass is 9.68. The number of urea groups is 1. The normalized spacial score (nSPS) is 27.8. The molecule has 2 amide bonds. The standard InChI is InChI=1S/C26H32N6O/c1-30(2)26(21-9-4-3-5-10-21)13-11-25(12-14-26)19-31(23-17-28-22(15-27)16-29-23)24(33)32(25)18-20-7-6-8-20/h3-5,9-10,16-17,20H,6-8,11-14,18-19H2,1-2H3/t25-,26-. The summed E-state index contributed by atoms with van der Waals surface area (Å²) in [6.07, 6.45) is 10.6. The third-order valence-electron chi connectivity index (χ3n) is 8.36. The van der Waals surface area contributed by atoms with Crippen LogP contribution in [0.2, 0.25) is 0 Å². The van der Waals surface area contributed by atoms with E-state index in [-0.39, 0.29) is 22.8 Å². The predicted octanol–water partition coefficient (Wildman–Crippen LogP) is 4.16. The van der Waals surface area contributed by atoms with Gasteiger partial charge in [-0.1, -0.05) is 36.8 Å². The third kappa shape index (κ3) is 3.67. The Morgan fingerprint density at radius 1 is 1.09 bits per heavy atom.